The molecule has 0 saturated heterocycles. The standard InChI is InChI=1S/C31H38N3O3/c1-22(2)21-27-30(37-31(34-27)26-15-9-10-20-32-26)29(36)25(18-16-23-11-5-3-6-12-23)33-28(35)19-17-24-13-7-4-8-14-24/h3,5-6,9-12,15,19-20,22,24-25H,4,7-8,13-14,16-18,21H2,1-2H3,(H,33,35)/t25-/m0/s1. The van der Waals surface area contributed by atoms with Gasteiger partial charge >= 0.3 is 0 Å². The molecule has 1 saturated carbocycles. The number of carbonyl (C=O) groups is 2. The van der Waals surface area contributed by atoms with Gasteiger partial charge in [0.2, 0.25) is 17.6 Å². The number of nitrogens with zero attached hydrogens (tertiary/aromatic N) is 2. The third-order valence-electron chi connectivity index (χ3n) is 6.97. The molecule has 1 atom stereocenters. The lowest BCUT2D eigenvalue weighted by molar-refractivity contribution is -0.118. The van der Waals surface area contributed by atoms with Crippen LogP contribution in [-0.4, -0.2) is 27.7 Å². The highest BCUT2D eigenvalue weighted by Gasteiger charge is 2.30. The molecule has 1 fully saturated rings. The third-order valence-corrected chi connectivity index (χ3v) is 6.97. The summed E-state index contributed by atoms with van der Waals surface area (Å²) in [5.74, 6) is 0.976. The molecule has 2 heterocycles. The van der Waals surface area contributed by atoms with Crippen LogP contribution < -0.4 is 5.32 Å². The molecule has 2 aromatic heterocycles. The van der Waals surface area contributed by atoms with E-state index in [2.05, 4.69) is 29.1 Å². The van der Waals surface area contributed by atoms with Crippen molar-refractivity contribution in [2.24, 2.45) is 11.8 Å². The molecule has 0 aliphatic heterocycles. The molecule has 6 nitrogen and oxygen atoms in total. The van der Waals surface area contributed by atoms with E-state index in [9.17, 15) is 9.59 Å². The normalized spacial score (nSPS) is 15.0. The maximum atomic E-state index is 13.9. The zero-order valence-electron chi connectivity index (χ0n) is 22.0. The van der Waals surface area contributed by atoms with Gasteiger partial charge in [-0.1, -0.05) is 82.3 Å². The Morgan fingerprint density at radius 3 is 2.51 bits per heavy atom. The molecule has 0 bridgehead atoms. The second kappa shape index (κ2) is 13.3. The summed E-state index contributed by atoms with van der Waals surface area (Å²) >= 11 is 0. The maximum Gasteiger partial charge on any atom is 0.246 e. The molecule has 3 aromatic rings. The highest BCUT2D eigenvalue weighted by atomic mass is 16.4. The number of amides is 1. The molecule has 6 heteroatoms. The van der Waals surface area contributed by atoms with E-state index in [-0.39, 0.29) is 23.4 Å². The number of rotatable bonds is 12. The Morgan fingerprint density at radius 2 is 1.81 bits per heavy atom. The fourth-order valence-corrected chi connectivity index (χ4v) is 4.98. The van der Waals surface area contributed by atoms with Crippen LogP contribution in [0.3, 0.4) is 0 Å². The smallest absolute Gasteiger partial charge is 0.246 e. The van der Waals surface area contributed by atoms with E-state index in [1.165, 1.54) is 32.1 Å². The van der Waals surface area contributed by atoms with Crippen LogP contribution in [0, 0.1) is 18.3 Å². The fraction of sp³-hybridized carbons (Fsp3) is 0.452. The van der Waals surface area contributed by atoms with Gasteiger partial charge in [0.1, 0.15) is 5.69 Å². The van der Waals surface area contributed by atoms with Gasteiger partial charge in [0.05, 0.1) is 11.7 Å². The molecule has 1 aliphatic rings. The van der Waals surface area contributed by atoms with Gasteiger partial charge in [-0.05, 0) is 55.2 Å². The first-order chi connectivity index (χ1) is 18.0. The Hall–Kier alpha value is -3.28. The number of pyridine rings is 1. The molecule has 1 N–H and O–H groups in total. The van der Waals surface area contributed by atoms with E-state index >= 15 is 0 Å². The third kappa shape index (κ3) is 7.85. The average molecular weight is 501 g/mol. The lowest BCUT2D eigenvalue weighted by atomic mass is 9.86. The van der Waals surface area contributed by atoms with Crippen LogP contribution in [0.1, 0.15) is 80.6 Å². The summed E-state index contributed by atoms with van der Waals surface area (Å²) in [5, 5.41) is 3.01. The summed E-state index contributed by atoms with van der Waals surface area (Å²) in [5.41, 5.74) is 2.32. The average Bonchev–Trinajstić information content (AvgIpc) is 3.34. The summed E-state index contributed by atoms with van der Waals surface area (Å²) in [6, 6.07) is 14.8. The van der Waals surface area contributed by atoms with Gasteiger partial charge in [0.25, 0.3) is 0 Å². The lowest BCUT2D eigenvalue weighted by Gasteiger charge is -2.22. The molecule has 1 aromatic carbocycles. The molecular formula is C31H38N3O3. The molecule has 4 rings (SSSR count). The van der Waals surface area contributed by atoms with Crippen LogP contribution >= 0.6 is 0 Å². The van der Waals surface area contributed by atoms with Crippen molar-refractivity contribution in [3.63, 3.8) is 0 Å². The minimum absolute atomic E-state index is 0.188. The Balaban J connectivity index is 1.53. The number of Topliss-reactive ketones (excluding diaryl/α,β-unsaturated/α-hetero) is 1. The van der Waals surface area contributed by atoms with Crippen molar-refractivity contribution in [1.82, 2.24) is 15.3 Å². The van der Waals surface area contributed by atoms with Crippen LogP contribution in [0.25, 0.3) is 11.6 Å². The van der Waals surface area contributed by atoms with Gasteiger partial charge in [-0.3, -0.25) is 14.6 Å². The number of oxazole rings is 1. The molecule has 0 unspecified atom stereocenters. The summed E-state index contributed by atoms with van der Waals surface area (Å²) < 4.78 is 6.05. The summed E-state index contributed by atoms with van der Waals surface area (Å²) in [6.45, 7) is 4.16. The summed E-state index contributed by atoms with van der Waals surface area (Å²) in [7, 11) is 0. The van der Waals surface area contributed by atoms with Gasteiger partial charge in [0.15, 0.2) is 5.76 Å². The topological polar surface area (TPSA) is 85.1 Å². The van der Waals surface area contributed by atoms with Crippen molar-refractivity contribution in [2.45, 2.75) is 77.7 Å². The number of aromatic nitrogens is 2. The highest BCUT2D eigenvalue weighted by Crippen LogP contribution is 2.27. The quantitative estimate of drug-likeness (QED) is 0.291. The lowest BCUT2D eigenvalue weighted by Crippen LogP contribution is -2.41. The maximum absolute atomic E-state index is 13.9. The Morgan fingerprint density at radius 1 is 1.05 bits per heavy atom. The van der Waals surface area contributed by atoms with E-state index in [1.807, 2.05) is 48.5 Å². The number of nitrogens with one attached hydrogen (secondary N) is 1. The molecule has 1 amide bonds. The van der Waals surface area contributed by atoms with Gasteiger partial charge in [-0.15, -0.1) is 0 Å². The second-order valence-corrected chi connectivity index (χ2v) is 10.5. The van der Waals surface area contributed by atoms with E-state index in [0.717, 1.165) is 12.0 Å². The minimum Gasteiger partial charge on any atom is -0.431 e. The van der Waals surface area contributed by atoms with E-state index in [1.54, 1.807) is 12.6 Å². The molecule has 0 spiro atoms. The zero-order valence-corrected chi connectivity index (χ0v) is 22.0. The number of hydrogen-bond acceptors (Lipinski definition) is 5. The first-order valence-electron chi connectivity index (χ1n) is 13.6. The SMILES string of the molecule is CC(C)Cc1nc(-c2ccccn2)oc1C(=O)[C@H](CCc1ccccc1)NC(=O)[CH]CC1CCCCC1. The first-order valence-corrected chi connectivity index (χ1v) is 13.6. The Labute approximate surface area is 220 Å². The van der Waals surface area contributed by atoms with Crippen molar-refractivity contribution in [2.75, 3.05) is 0 Å². The Bertz CT molecular complexity index is 1140. The van der Waals surface area contributed by atoms with Crippen LogP contribution in [-0.2, 0) is 17.6 Å². The number of hydrogen-bond donors (Lipinski definition) is 1. The summed E-state index contributed by atoms with van der Waals surface area (Å²) in [4.78, 5) is 35.8. The van der Waals surface area contributed by atoms with Gasteiger partial charge in [0, 0.05) is 12.6 Å². The highest BCUT2D eigenvalue weighted by molar-refractivity contribution is 6.01. The zero-order chi connectivity index (χ0) is 26.0. The first kappa shape index (κ1) is 26.8. The second-order valence-electron chi connectivity index (χ2n) is 10.5. The predicted molar refractivity (Wildman–Crippen MR) is 145 cm³/mol. The van der Waals surface area contributed by atoms with Gasteiger partial charge in [-0.25, -0.2) is 4.98 Å². The number of aryl methyl sites for hydroxylation is 1. The van der Waals surface area contributed by atoms with E-state index < -0.39 is 6.04 Å². The molecule has 37 heavy (non-hydrogen) atoms. The molecular weight excluding hydrogens is 462 g/mol. The molecule has 1 radical (unpaired) electrons. The number of carbonyl (C=O) groups excluding carboxylic acids is 2. The van der Waals surface area contributed by atoms with Crippen molar-refractivity contribution < 1.29 is 14.0 Å². The van der Waals surface area contributed by atoms with Crippen LogP contribution in [0.15, 0.2) is 59.1 Å². The number of ketones is 1. The minimum atomic E-state index is -0.703. The van der Waals surface area contributed by atoms with Crippen molar-refractivity contribution in [3.05, 3.63) is 78.2 Å². The van der Waals surface area contributed by atoms with Crippen LogP contribution in [0.2, 0.25) is 0 Å². The van der Waals surface area contributed by atoms with Gasteiger partial charge in [-0.2, -0.15) is 0 Å². The van der Waals surface area contributed by atoms with Crippen LogP contribution in [0.5, 0.6) is 0 Å². The van der Waals surface area contributed by atoms with Crippen molar-refractivity contribution in [3.8, 4) is 11.6 Å². The molecule has 1 aliphatic carbocycles. The van der Waals surface area contributed by atoms with E-state index in [4.69, 9.17) is 4.42 Å². The fourth-order valence-electron chi connectivity index (χ4n) is 4.98. The van der Waals surface area contributed by atoms with Crippen molar-refractivity contribution in [1.29, 1.82) is 0 Å². The monoisotopic (exact) mass is 500 g/mol. The Kier molecular flexibility index (Phi) is 9.64. The predicted octanol–water partition coefficient (Wildman–Crippen LogP) is 6.41. The molecule has 195 valence electrons. The van der Waals surface area contributed by atoms with E-state index in [0.29, 0.717) is 42.5 Å². The number of benzene rings is 1. The van der Waals surface area contributed by atoms with Gasteiger partial charge < -0.3 is 9.73 Å². The largest absolute Gasteiger partial charge is 0.431 e. The van der Waals surface area contributed by atoms with Crippen LogP contribution in [0.4, 0.5) is 0 Å². The summed E-state index contributed by atoms with van der Waals surface area (Å²) in [6.07, 6.45) is 12.0. The van der Waals surface area contributed by atoms with Crippen molar-refractivity contribution >= 4 is 11.7 Å².